The SMILES string of the molecule is CCNc1cc(C(=O)N2CCCC(CC)CC2)c(Cl)cn1. The molecule has 5 heteroatoms. The van der Waals surface area contributed by atoms with Crippen molar-refractivity contribution in [2.24, 2.45) is 5.92 Å². The predicted molar refractivity (Wildman–Crippen MR) is 86.9 cm³/mol. The third-order valence-corrected chi connectivity index (χ3v) is 4.46. The zero-order valence-electron chi connectivity index (χ0n) is 12.9. The quantitative estimate of drug-likeness (QED) is 0.919. The van der Waals surface area contributed by atoms with Gasteiger partial charge in [0.05, 0.1) is 10.6 Å². The first-order chi connectivity index (χ1) is 10.2. The van der Waals surface area contributed by atoms with Gasteiger partial charge in [0.15, 0.2) is 0 Å². The van der Waals surface area contributed by atoms with Crippen molar-refractivity contribution in [2.75, 3.05) is 25.0 Å². The molecule has 2 heterocycles. The standard InChI is InChI=1S/C16H24ClN3O/c1-3-12-6-5-8-20(9-7-12)16(21)13-10-15(18-4-2)19-11-14(13)17/h10-12H,3-9H2,1-2H3,(H,18,19). The molecule has 4 nitrogen and oxygen atoms in total. The fraction of sp³-hybridized carbons (Fsp3) is 0.625. The number of nitrogens with zero attached hydrogens (tertiary/aromatic N) is 2. The number of halogens is 1. The highest BCUT2D eigenvalue weighted by Gasteiger charge is 2.22. The van der Waals surface area contributed by atoms with Crippen LogP contribution in [0.1, 0.15) is 49.9 Å². The minimum Gasteiger partial charge on any atom is -0.370 e. The van der Waals surface area contributed by atoms with Gasteiger partial charge in [0.25, 0.3) is 5.91 Å². The Labute approximate surface area is 131 Å². The summed E-state index contributed by atoms with van der Waals surface area (Å²) in [5, 5.41) is 3.55. The first kappa shape index (κ1) is 16.1. The third-order valence-electron chi connectivity index (χ3n) is 4.16. The van der Waals surface area contributed by atoms with Crippen LogP contribution >= 0.6 is 11.6 Å². The largest absolute Gasteiger partial charge is 0.370 e. The van der Waals surface area contributed by atoms with Crippen molar-refractivity contribution in [1.29, 1.82) is 0 Å². The molecule has 1 unspecified atom stereocenters. The Balaban J connectivity index is 2.13. The van der Waals surface area contributed by atoms with E-state index in [0.29, 0.717) is 16.4 Å². The lowest BCUT2D eigenvalue weighted by molar-refractivity contribution is 0.0760. The summed E-state index contributed by atoms with van der Waals surface area (Å²) >= 11 is 6.17. The molecule has 1 fully saturated rings. The van der Waals surface area contributed by atoms with Gasteiger partial charge in [-0.15, -0.1) is 0 Å². The number of pyridine rings is 1. The molecule has 0 radical (unpaired) electrons. The van der Waals surface area contributed by atoms with Gasteiger partial charge in [-0.2, -0.15) is 0 Å². The van der Waals surface area contributed by atoms with Crippen LogP contribution in [0.4, 0.5) is 5.82 Å². The number of hydrogen-bond acceptors (Lipinski definition) is 3. The van der Waals surface area contributed by atoms with E-state index in [4.69, 9.17) is 11.6 Å². The van der Waals surface area contributed by atoms with E-state index in [-0.39, 0.29) is 5.91 Å². The Morgan fingerprint density at radius 3 is 2.95 bits per heavy atom. The molecule has 1 aliphatic heterocycles. The molecule has 116 valence electrons. The highest BCUT2D eigenvalue weighted by atomic mass is 35.5. The van der Waals surface area contributed by atoms with Crippen molar-refractivity contribution in [3.63, 3.8) is 0 Å². The summed E-state index contributed by atoms with van der Waals surface area (Å²) in [5.41, 5.74) is 0.553. The topological polar surface area (TPSA) is 45.2 Å². The van der Waals surface area contributed by atoms with Crippen molar-refractivity contribution in [2.45, 2.75) is 39.5 Å². The molecule has 0 aliphatic carbocycles. The maximum Gasteiger partial charge on any atom is 0.255 e. The molecule has 1 aliphatic rings. The lowest BCUT2D eigenvalue weighted by Crippen LogP contribution is -2.32. The Hall–Kier alpha value is -1.29. The minimum atomic E-state index is 0.0262. The molecule has 0 spiro atoms. The number of aromatic nitrogens is 1. The molecule has 1 atom stereocenters. The highest BCUT2D eigenvalue weighted by molar-refractivity contribution is 6.33. The average molecular weight is 310 g/mol. The highest BCUT2D eigenvalue weighted by Crippen LogP contribution is 2.24. The van der Waals surface area contributed by atoms with E-state index < -0.39 is 0 Å². The van der Waals surface area contributed by atoms with Crippen molar-refractivity contribution in [3.8, 4) is 0 Å². The van der Waals surface area contributed by atoms with Gasteiger partial charge in [0.2, 0.25) is 0 Å². The molecular formula is C16H24ClN3O. The van der Waals surface area contributed by atoms with E-state index in [1.807, 2.05) is 11.8 Å². The molecule has 21 heavy (non-hydrogen) atoms. The van der Waals surface area contributed by atoms with Crippen molar-refractivity contribution in [1.82, 2.24) is 9.88 Å². The summed E-state index contributed by atoms with van der Waals surface area (Å²) in [6.45, 7) is 6.64. The van der Waals surface area contributed by atoms with Crippen LogP contribution in [-0.4, -0.2) is 35.4 Å². The number of rotatable bonds is 4. The Kier molecular flexibility index (Phi) is 5.85. The van der Waals surface area contributed by atoms with E-state index in [9.17, 15) is 4.79 Å². The summed E-state index contributed by atoms with van der Waals surface area (Å²) in [4.78, 5) is 18.8. The van der Waals surface area contributed by atoms with E-state index in [1.54, 1.807) is 12.3 Å². The van der Waals surface area contributed by atoms with Crippen LogP contribution in [0.15, 0.2) is 12.3 Å². The van der Waals surface area contributed by atoms with Gasteiger partial charge >= 0.3 is 0 Å². The smallest absolute Gasteiger partial charge is 0.255 e. The maximum atomic E-state index is 12.7. The van der Waals surface area contributed by atoms with Gasteiger partial charge in [-0.3, -0.25) is 4.79 Å². The molecule has 1 saturated heterocycles. The van der Waals surface area contributed by atoms with Gasteiger partial charge in [0.1, 0.15) is 5.82 Å². The maximum absolute atomic E-state index is 12.7. The Bertz CT molecular complexity index is 492. The molecule has 1 N–H and O–H groups in total. The summed E-state index contributed by atoms with van der Waals surface area (Å²) in [6.07, 6.45) is 6.13. The number of hydrogen-bond donors (Lipinski definition) is 1. The molecule has 2 rings (SSSR count). The predicted octanol–water partition coefficient (Wildman–Crippen LogP) is 3.82. The van der Waals surface area contributed by atoms with Crippen LogP contribution in [0.25, 0.3) is 0 Å². The summed E-state index contributed by atoms with van der Waals surface area (Å²) in [5.74, 6) is 1.47. The Morgan fingerprint density at radius 2 is 2.24 bits per heavy atom. The van der Waals surface area contributed by atoms with Crippen LogP contribution in [-0.2, 0) is 0 Å². The van der Waals surface area contributed by atoms with Gasteiger partial charge in [-0.25, -0.2) is 4.98 Å². The molecule has 0 bridgehead atoms. The number of carbonyl (C=O) groups is 1. The zero-order valence-corrected chi connectivity index (χ0v) is 13.6. The monoisotopic (exact) mass is 309 g/mol. The summed E-state index contributed by atoms with van der Waals surface area (Å²) in [6, 6.07) is 1.76. The van der Waals surface area contributed by atoms with E-state index in [1.165, 1.54) is 12.8 Å². The fourth-order valence-electron chi connectivity index (χ4n) is 2.83. The normalized spacial score (nSPS) is 19.2. The van der Waals surface area contributed by atoms with Crippen LogP contribution in [0.5, 0.6) is 0 Å². The van der Waals surface area contributed by atoms with Crippen molar-refractivity contribution < 1.29 is 4.79 Å². The zero-order chi connectivity index (χ0) is 15.2. The third kappa shape index (κ3) is 4.10. The number of likely N-dealkylation sites (tertiary alicyclic amines) is 1. The number of carbonyl (C=O) groups excluding carboxylic acids is 1. The molecule has 1 aromatic heterocycles. The van der Waals surface area contributed by atoms with Crippen LogP contribution < -0.4 is 5.32 Å². The lowest BCUT2D eigenvalue weighted by Gasteiger charge is -2.21. The van der Waals surface area contributed by atoms with E-state index in [2.05, 4.69) is 17.2 Å². The number of anilines is 1. The summed E-state index contributed by atoms with van der Waals surface area (Å²) in [7, 11) is 0. The molecule has 0 aromatic carbocycles. The number of nitrogens with one attached hydrogen (secondary N) is 1. The van der Waals surface area contributed by atoms with Crippen molar-refractivity contribution in [3.05, 3.63) is 22.8 Å². The van der Waals surface area contributed by atoms with E-state index >= 15 is 0 Å². The minimum absolute atomic E-state index is 0.0262. The second-order valence-electron chi connectivity index (χ2n) is 5.58. The van der Waals surface area contributed by atoms with Gasteiger partial charge in [-0.1, -0.05) is 24.9 Å². The molecular weight excluding hydrogens is 286 g/mol. The van der Waals surface area contributed by atoms with Gasteiger partial charge in [0, 0.05) is 25.8 Å². The average Bonchev–Trinajstić information content (AvgIpc) is 2.74. The van der Waals surface area contributed by atoms with Gasteiger partial charge in [-0.05, 0) is 38.2 Å². The van der Waals surface area contributed by atoms with Crippen LogP contribution in [0.3, 0.4) is 0 Å². The van der Waals surface area contributed by atoms with Crippen molar-refractivity contribution >= 4 is 23.3 Å². The molecule has 1 aromatic rings. The molecule has 0 saturated carbocycles. The van der Waals surface area contributed by atoms with Crippen LogP contribution in [0, 0.1) is 5.92 Å². The van der Waals surface area contributed by atoms with Crippen LogP contribution in [0.2, 0.25) is 5.02 Å². The summed E-state index contributed by atoms with van der Waals surface area (Å²) < 4.78 is 0. The Morgan fingerprint density at radius 1 is 1.43 bits per heavy atom. The number of amides is 1. The van der Waals surface area contributed by atoms with E-state index in [0.717, 1.165) is 38.4 Å². The lowest BCUT2D eigenvalue weighted by atomic mass is 9.98. The molecule has 1 amide bonds. The first-order valence-corrected chi connectivity index (χ1v) is 8.22. The van der Waals surface area contributed by atoms with Gasteiger partial charge < -0.3 is 10.2 Å². The second-order valence-corrected chi connectivity index (χ2v) is 5.98. The second kappa shape index (κ2) is 7.64. The first-order valence-electron chi connectivity index (χ1n) is 7.84. The fourth-order valence-corrected chi connectivity index (χ4v) is 3.01.